The topological polar surface area (TPSA) is 47.3 Å². The quantitative estimate of drug-likeness (QED) is 0.749. The Labute approximate surface area is 99.1 Å². The molecule has 0 radical (unpaired) electrons. The maximum absolute atomic E-state index is 5.97. The largest absolute Gasteiger partial charge is 0.375 e. The molecule has 0 amide bonds. The van der Waals surface area contributed by atoms with Gasteiger partial charge in [0.25, 0.3) is 0 Å². The zero-order valence-corrected chi connectivity index (χ0v) is 10.7. The zero-order chi connectivity index (χ0) is 11.6. The van der Waals surface area contributed by atoms with E-state index in [0.29, 0.717) is 0 Å². The molecule has 1 aliphatic carbocycles. The molecule has 2 rings (SSSR count). The summed E-state index contributed by atoms with van der Waals surface area (Å²) in [7, 11) is 0. The monoisotopic (exact) mass is 226 g/mol. The third-order valence-electron chi connectivity index (χ3n) is 3.98. The van der Waals surface area contributed by atoms with Gasteiger partial charge in [-0.05, 0) is 45.6 Å². The SMILES string of the molecule is CC1(C)CC(CN)(NCCC2CC2)CCO1. The van der Waals surface area contributed by atoms with Gasteiger partial charge in [-0.25, -0.2) is 0 Å². The van der Waals surface area contributed by atoms with Gasteiger partial charge >= 0.3 is 0 Å². The van der Waals surface area contributed by atoms with Crippen LogP contribution >= 0.6 is 0 Å². The van der Waals surface area contributed by atoms with Gasteiger partial charge in [0.15, 0.2) is 0 Å². The Hall–Kier alpha value is -0.120. The number of hydrogen-bond acceptors (Lipinski definition) is 3. The van der Waals surface area contributed by atoms with Crippen LogP contribution < -0.4 is 11.1 Å². The number of nitrogens with two attached hydrogens (primary N) is 1. The minimum Gasteiger partial charge on any atom is -0.375 e. The van der Waals surface area contributed by atoms with Gasteiger partial charge in [0.05, 0.1) is 5.60 Å². The Morgan fingerprint density at radius 3 is 2.69 bits per heavy atom. The van der Waals surface area contributed by atoms with Crippen molar-refractivity contribution in [2.45, 2.75) is 57.1 Å². The lowest BCUT2D eigenvalue weighted by molar-refractivity contribution is -0.0857. The molecule has 16 heavy (non-hydrogen) atoms. The fraction of sp³-hybridized carbons (Fsp3) is 1.00. The Kier molecular flexibility index (Phi) is 3.57. The molecular weight excluding hydrogens is 200 g/mol. The lowest BCUT2D eigenvalue weighted by Crippen LogP contribution is -2.59. The van der Waals surface area contributed by atoms with E-state index < -0.39 is 0 Å². The molecule has 2 fully saturated rings. The Morgan fingerprint density at radius 2 is 2.12 bits per heavy atom. The smallest absolute Gasteiger partial charge is 0.0644 e. The minimum atomic E-state index is -0.0236. The number of hydrogen-bond donors (Lipinski definition) is 2. The van der Waals surface area contributed by atoms with Crippen LogP contribution in [0.5, 0.6) is 0 Å². The van der Waals surface area contributed by atoms with Crippen molar-refractivity contribution >= 4 is 0 Å². The first-order valence-electron chi connectivity index (χ1n) is 6.64. The second-order valence-electron chi connectivity index (χ2n) is 6.18. The molecule has 1 atom stereocenters. The van der Waals surface area contributed by atoms with Crippen LogP contribution in [0.15, 0.2) is 0 Å². The Balaban J connectivity index is 1.84. The van der Waals surface area contributed by atoms with E-state index in [-0.39, 0.29) is 11.1 Å². The predicted octanol–water partition coefficient (Wildman–Crippen LogP) is 1.66. The second-order valence-corrected chi connectivity index (χ2v) is 6.18. The van der Waals surface area contributed by atoms with Gasteiger partial charge in [0.2, 0.25) is 0 Å². The summed E-state index contributed by atoms with van der Waals surface area (Å²) in [6, 6.07) is 0. The van der Waals surface area contributed by atoms with E-state index in [2.05, 4.69) is 19.2 Å². The number of ether oxygens (including phenoxy) is 1. The molecule has 1 unspecified atom stereocenters. The Morgan fingerprint density at radius 1 is 1.38 bits per heavy atom. The molecule has 1 heterocycles. The van der Waals surface area contributed by atoms with Gasteiger partial charge < -0.3 is 15.8 Å². The molecule has 3 heteroatoms. The van der Waals surface area contributed by atoms with Crippen molar-refractivity contribution in [2.75, 3.05) is 19.7 Å². The molecule has 0 spiro atoms. The first kappa shape index (κ1) is 12.3. The summed E-state index contributed by atoms with van der Waals surface area (Å²) in [6.45, 7) is 7.02. The highest BCUT2D eigenvalue weighted by Gasteiger charge is 2.39. The average Bonchev–Trinajstić information content (AvgIpc) is 3.00. The van der Waals surface area contributed by atoms with Gasteiger partial charge in [-0.3, -0.25) is 0 Å². The maximum Gasteiger partial charge on any atom is 0.0644 e. The highest BCUT2D eigenvalue weighted by atomic mass is 16.5. The molecule has 1 saturated heterocycles. The molecule has 0 bridgehead atoms. The number of rotatable bonds is 5. The third kappa shape index (κ3) is 3.19. The van der Waals surface area contributed by atoms with Gasteiger partial charge in [-0.15, -0.1) is 0 Å². The first-order valence-corrected chi connectivity index (χ1v) is 6.64. The van der Waals surface area contributed by atoms with Crippen molar-refractivity contribution < 1.29 is 4.74 Å². The van der Waals surface area contributed by atoms with E-state index in [0.717, 1.165) is 38.5 Å². The molecule has 0 aromatic heterocycles. The van der Waals surface area contributed by atoms with Crippen LogP contribution in [-0.2, 0) is 4.74 Å². The van der Waals surface area contributed by atoms with Crippen molar-refractivity contribution in [1.29, 1.82) is 0 Å². The summed E-state index contributed by atoms with van der Waals surface area (Å²) in [5.74, 6) is 0.996. The van der Waals surface area contributed by atoms with E-state index in [1.165, 1.54) is 19.3 Å². The van der Waals surface area contributed by atoms with Crippen molar-refractivity contribution in [1.82, 2.24) is 5.32 Å². The first-order chi connectivity index (χ1) is 7.55. The summed E-state index contributed by atoms with van der Waals surface area (Å²) < 4.78 is 5.77. The summed E-state index contributed by atoms with van der Waals surface area (Å²) in [4.78, 5) is 0. The Bertz CT molecular complexity index is 238. The van der Waals surface area contributed by atoms with Gasteiger partial charge in [0, 0.05) is 18.7 Å². The molecule has 1 aliphatic heterocycles. The van der Waals surface area contributed by atoms with Crippen LogP contribution in [0.2, 0.25) is 0 Å². The molecule has 0 aromatic rings. The second kappa shape index (κ2) is 4.63. The molecular formula is C13H26N2O. The fourth-order valence-electron chi connectivity index (χ4n) is 2.82. The van der Waals surface area contributed by atoms with Crippen LogP contribution in [-0.4, -0.2) is 30.8 Å². The van der Waals surface area contributed by atoms with Crippen molar-refractivity contribution in [3.05, 3.63) is 0 Å². The average molecular weight is 226 g/mol. The third-order valence-corrected chi connectivity index (χ3v) is 3.98. The summed E-state index contributed by atoms with van der Waals surface area (Å²) in [5.41, 5.74) is 6.07. The summed E-state index contributed by atoms with van der Waals surface area (Å²) >= 11 is 0. The van der Waals surface area contributed by atoms with E-state index in [4.69, 9.17) is 10.5 Å². The van der Waals surface area contributed by atoms with Gasteiger partial charge in [0.1, 0.15) is 0 Å². The van der Waals surface area contributed by atoms with Crippen LogP contribution in [0.1, 0.15) is 46.0 Å². The molecule has 0 aromatic carbocycles. The van der Waals surface area contributed by atoms with Crippen molar-refractivity contribution in [2.24, 2.45) is 11.7 Å². The molecule has 2 aliphatic rings. The normalized spacial score (nSPS) is 33.9. The van der Waals surface area contributed by atoms with E-state index in [9.17, 15) is 0 Å². The summed E-state index contributed by atoms with van der Waals surface area (Å²) in [6.07, 6.45) is 6.28. The molecule has 3 N–H and O–H groups in total. The van der Waals surface area contributed by atoms with Crippen molar-refractivity contribution in [3.8, 4) is 0 Å². The highest BCUT2D eigenvalue weighted by Crippen LogP contribution is 2.34. The van der Waals surface area contributed by atoms with Crippen molar-refractivity contribution in [3.63, 3.8) is 0 Å². The maximum atomic E-state index is 5.97. The standard InChI is InChI=1S/C13H26N2O/c1-12(2)9-13(10-14,6-8-16-12)15-7-5-11-3-4-11/h11,15H,3-10,14H2,1-2H3. The zero-order valence-electron chi connectivity index (χ0n) is 10.7. The van der Waals surface area contributed by atoms with Gasteiger partial charge in [-0.1, -0.05) is 12.8 Å². The molecule has 3 nitrogen and oxygen atoms in total. The van der Waals surface area contributed by atoms with E-state index >= 15 is 0 Å². The van der Waals surface area contributed by atoms with E-state index in [1.807, 2.05) is 0 Å². The fourth-order valence-corrected chi connectivity index (χ4v) is 2.82. The molecule has 94 valence electrons. The number of nitrogens with one attached hydrogen (secondary N) is 1. The lowest BCUT2D eigenvalue weighted by Gasteiger charge is -2.45. The highest BCUT2D eigenvalue weighted by molar-refractivity contribution is 4.97. The van der Waals surface area contributed by atoms with Crippen LogP contribution in [0, 0.1) is 5.92 Å². The van der Waals surface area contributed by atoms with Crippen LogP contribution in [0.4, 0.5) is 0 Å². The van der Waals surface area contributed by atoms with Gasteiger partial charge in [-0.2, -0.15) is 0 Å². The predicted molar refractivity (Wildman–Crippen MR) is 66.4 cm³/mol. The van der Waals surface area contributed by atoms with E-state index in [1.54, 1.807) is 0 Å². The van der Waals surface area contributed by atoms with Crippen LogP contribution in [0.3, 0.4) is 0 Å². The lowest BCUT2D eigenvalue weighted by atomic mass is 9.81. The van der Waals surface area contributed by atoms with Crippen LogP contribution in [0.25, 0.3) is 0 Å². The molecule has 1 saturated carbocycles. The minimum absolute atomic E-state index is 0.0236. The summed E-state index contributed by atoms with van der Waals surface area (Å²) in [5, 5.41) is 3.71.